The Bertz CT molecular complexity index is 1470. The van der Waals surface area contributed by atoms with Crippen molar-refractivity contribution in [3.63, 3.8) is 0 Å². The Balaban J connectivity index is 3.37. The van der Waals surface area contributed by atoms with Crippen molar-refractivity contribution in [1.29, 1.82) is 0 Å². The van der Waals surface area contributed by atoms with Crippen LogP contribution in [0.5, 0.6) is 0 Å². The van der Waals surface area contributed by atoms with Crippen LogP contribution in [0.1, 0.15) is 155 Å². The van der Waals surface area contributed by atoms with Gasteiger partial charge in [0.1, 0.15) is 43.7 Å². The molecule has 1 saturated heterocycles. The lowest BCUT2D eigenvalue weighted by Gasteiger charge is -2.44. The summed E-state index contributed by atoms with van der Waals surface area (Å²) in [7, 11) is -4.12. The third kappa shape index (κ3) is 30.7. The first-order valence-electron chi connectivity index (χ1n) is 25.1. The number of unbranched alkanes of at least 4 members (excludes halogenated alkanes) is 16. The fraction of sp³-hybridized carbons (Fsp3) is 0.760. The van der Waals surface area contributed by atoms with Crippen LogP contribution >= 0.6 is 7.82 Å². The summed E-state index contributed by atoms with van der Waals surface area (Å²) in [5.41, 5.74) is 0. The van der Waals surface area contributed by atoms with Gasteiger partial charge in [0.25, 0.3) is 0 Å². The monoisotopic (exact) mass is 1000 g/mol. The minimum atomic E-state index is -4.12. The van der Waals surface area contributed by atoms with E-state index in [0.29, 0.717) is 25.7 Å². The minimum Gasteiger partial charge on any atom is -0.457 e. The summed E-state index contributed by atoms with van der Waals surface area (Å²) < 4.78 is 68.0. The van der Waals surface area contributed by atoms with Crippen molar-refractivity contribution in [2.24, 2.45) is 0 Å². The number of hydrogen-bond donors (Lipinski definition) is 3. The lowest BCUT2D eigenvalue weighted by atomic mass is 9.96. The average Bonchev–Trinajstić information content (AvgIpc) is 3.33. The Kier molecular flexibility index (Phi) is 37.7. The second kappa shape index (κ2) is 41.1. The van der Waals surface area contributed by atoms with E-state index in [4.69, 9.17) is 46.7 Å². The number of phosphoric ester groups is 1. The molecule has 0 unspecified atom stereocenters. The molecule has 0 aromatic heterocycles. The topological polar surface area (TPSA) is 230 Å². The van der Waals surface area contributed by atoms with E-state index in [-0.39, 0.29) is 39.5 Å². The van der Waals surface area contributed by atoms with Crippen molar-refractivity contribution in [2.45, 2.75) is 198 Å². The maximum Gasteiger partial charge on any atom is 0.508 e. The molecule has 1 aliphatic heterocycles. The lowest BCUT2D eigenvalue weighted by molar-refractivity contribution is -0.275. The number of rotatable bonds is 44. The molecule has 1 heterocycles. The number of esters is 1. The van der Waals surface area contributed by atoms with E-state index in [1.807, 2.05) is 0 Å². The van der Waals surface area contributed by atoms with Crippen LogP contribution in [0, 0.1) is 0 Å². The van der Waals surface area contributed by atoms with E-state index in [9.17, 15) is 34.0 Å². The van der Waals surface area contributed by atoms with Gasteiger partial charge >= 0.3 is 26.1 Å². The molecule has 69 heavy (non-hydrogen) atoms. The highest BCUT2D eigenvalue weighted by molar-refractivity contribution is 7.48. The van der Waals surface area contributed by atoms with Gasteiger partial charge in [-0.25, -0.2) is 14.2 Å². The lowest BCUT2D eigenvalue weighted by Crippen LogP contribution is -2.66. The second-order valence-corrected chi connectivity index (χ2v) is 18.6. The first-order chi connectivity index (χ1) is 33.4. The van der Waals surface area contributed by atoms with Gasteiger partial charge in [-0.05, 0) is 25.7 Å². The van der Waals surface area contributed by atoms with Crippen LogP contribution in [-0.4, -0.2) is 124 Å². The average molecular weight is 1000 g/mol. The van der Waals surface area contributed by atoms with Gasteiger partial charge in [-0.1, -0.05) is 154 Å². The third-order valence-corrected chi connectivity index (χ3v) is 12.4. The Labute approximate surface area is 411 Å². The van der Waals surface area contributed by atoms with Gasteiger partial charge < -0.3 is 48.7 Å². The molecule has 0 aromatic carbocycles. The summed E-state index contributed by atoms with van der Waals surface area (Å²) in [5, 5.41) is 24.6. The van der Waals surface area contributed by atoms with E-state index in [2.05, 4.69) is 45.5 Å². The molecular formula is C50H86NO17P. The molecule has 0 saturated carbocycles. The molecule has 19 heteroatoms. The van der Waals surface area contributed by atoms with Crippen LogP contribution in [0.3, 0.4) is 0 Å². The van der Waals surface area contributed by atoms with E-state index < -0.39 is 94.5 Å². The molecule has 398 valence electrons. The van der Waals surface area contributed by atoms with Crippen LogP contribution in [0.4, 0.5) is 9.59 Å². The highest BCUT2D eigenvalue weighted by atomic mass is 31.2. The van der Waals surface area contributed by atoms with Crippen molar-refractivity contribution in [3.05, 3.63) is 50.6 Å². The molecule has 1 aliphatic rings. The molecule has 3 N–H and O–H groups in total. The van der Waals surface area contributed by atoms with Crippen molar-refractivity contribution >= 4 is 32.0 Å². The standard InChI is InChI=1S/C50H86NO17P/c1-7-13-15-17-19-21-23-25-27-29-40(65-49(56)60-31-9-3)37-43(53)51-45-47(46(55)42(39-52)67-48(45)59-35-36-64-69(58,62-33-11-5)63-34-12-6)68-44(54)38-41(66-50(57)61-32-10-4)30-28-26-24-22-20-18-16-14-8-2/h9-12,40-42,45-48,52,55H,3-8,13-39H2,1-2H3,(H,51,53)/t40-,41-,42-,45-,46-,47-,48+/m1/s1. The predicted molar refractivity (Wildman–Crippen MR) is 261 cm³/mol. The van der Waals surface area contributed by atoms with Gasteiger partial charge in [-0.3, -0.25) is 23.2 Å². The first kappa shape index (κ1) is 63.4. The Hall–Kier alpha value is -3.61. The molecule has 1 fully saturated rings. The number of phosphoric acid groups is 1. The van der Waals surface area contributed by atoms with Crippen LogP contribution in [0.2, 0.25) is 0 Å². The molecule has 1 rings (SSSR count). The number of carbonyl (C=O) groups excluding carboxylic acids is 4. The Morgan fingerprint density at radius 3 is 1.54 bits per heavy atom. The van der Waals surface area contributed by atoms with Crippen LogP contribution in [-0.2, 0) is 60.9 Å². The second-order valence-electron chi connectivity index (χ2n) is 16.9. The number of hydrogen-bond acceptors (Lipinski definition) is 17. The summed E-state index contributed by atoms with van der Waals surface area (Å²) >= 11 is 0. The van der Waals surface area contributed by atoms with Crippen LogP contribution in [0.15, 0.2) is 50.6 Å². The van der Waals surface area contributed by atoms with E-state index in [1.165, 1.54) is 75.7 Å². The largest absolute Gasteiger partial charge is 0.508 e. The molecule has 7 atom stereocenters. The van der Waals surface area contributed by atoms with Crippen LogP contribution < -0.4 is 5.32 Å². The van der Waals surface area contributed by atoms with Gasteiger partial charge in [0.05, 0.1) is 45.9 Å². The van der Waals surface area contributed by atoms with Gasteiger partial charge in [0, 0.05) is 0 Å². The Morgan fingerprint density at radius 1 is 0.638 bits per heavy atom. The predicted octanol–water partition coefficient (Wildman–Crippen LogP) is 10.0. The van der Waals surface area contributed by atoms with Crippen molar-refractivity contribution in [3.8, 4) is 0 Å². The first-order valence-corrected chi connectivity index (χ1v) is 26.5. The van der Waals surface area contributed by atoms with Gasteiger partial charge in [-0.2, -0.15) is 0 Å². The zero-order chi connectivity index (χ0) is 51.0. The number of amides is 1. The highest BCUT2D eigenvalue weighted by Crippen LogP contribution is 2.49. The fourth-order valence-corrected chi connectivity index (χ4v) is 8.52. The summed E-state index contributed by atoms with van der Waals surface area (Å²) in [4.78, 5) is 53.0. The van der Waals surface area contributed by atoms with Gasteiger partial charge in [0.15, 0.2) is 12.4 Å². The summed E-state index contributed by atoms with van der Waals surface area (Å²) in [5.74, 6) is -1.61. The number of aliphatic hydroxyl groups excluding tert-OH is 2. The zero-order valence-corrected chi connectivity index (χ0v) is 42.5. The Morgan fingerprint density at radius 2 is 1.09 bits per heavy atom. The molecule has 0 aromatic rings. The summed E-state index contributed by atoms with van der Waals surface area (Å²) in [6, 6.07) is -1.45. The normalized spacial score (nSPS) is 18.8. The van der Waals surface area contributed by atoms with Crippen molar-refractivity contribution in [1.82, 2.24) is 5.32 Å². The number of ether oxygens (including phenoxy) is 7. The quantitative estimate of drug-likeness (QED) is 0.0169. The van der Waals surface area contributed by atoms with Crippen molar-refractivity contribution in [2.75, 3.05) is 46.2 Å². The van der Waals surface area contributed by atoms with E-state index in [0.717, 1.165) is 51.4 Å². The fourth-order valence-electron chi connectivity index (χ4n) is 7.42. The molecule has 0 bridgehead atoms. The van der Waals surface area contributed by atoms with E-state index >= 15 is 0 Å². The maximum absolute atomic E-state index is 14.0. The maximum atomic E-state index is 14.0. The molecule has 18 nitrogen and oxygen atoms in total. The number of aliphatic hydroxyl groups is 2. The number of nitrogens with one attached hydrogen (secondary N) is 1. The van der Waals surface area contributed by atoms with Gasteiger partial charge in [-0.15, -0.1) is 13.2 Å². The summed E-state index contributed by atoms with van der Waals surface area (Å²) in [6.07, 6.45) is 14.0. The number of carbonyl (C=O) groups is 4. The third-order valence-electron chi connectivity index (χ3n) is 11.0. The van der Waals surface area contributed by atoms with E-state index in [1.54, 1.807) is 0 Å². The minimum absolute atomic E-state index is 0.105. The molecule has 0 spiro atoms. The zero-order valence-electron chi connectivity index (χ0n) is 41.7. The molecule has 0 radical (unpaired) electrons. The SMILES string of the molecule is C=CCOC(=O)O[C@H](CCCCCCCCCCC)CC(=O)N[C@H]1[C@@H](OCCOP(=O)(OCC=C)OCC=C)O[C@H](CO)[C@@H](O)[C@@H]1OC(=O)C[C@@H](CCCCCCCCCCC)OC(=O)OCC=C. The molecule has 1 amide bonds. The highest BCUT2D eigenvalue weighted by Gasteiger charge is 2.49. The molecule has 0 aliphatic carbocycles. The molecular weight excluding hydrogens is 918 g/mol. The van der Waals surface area contributed by atoms with Crippen LogP contribution in [0.25, 0.3) is 0 Å². The smallest absolute Gasteiger partial charge is 0.457 e. The van der Waals surface area contributed by atoms with Gasteiger partial charge in [0.2, 0.25) is 5.91 Å². The summed E-state index contributed by atoms with van der Waals surface area (Å²) in [6.45, 7) is 16.5. The van der Waals surface area contributed by atoms with Crippen molar-refractivity contribution < 1.29 is 80.7 Å².